The van der Waals surface area contributed by atoms with Gasteiger partial charge in [0, 0.05) is 11.1 Å². The Morgan fingerprint density at radius 1 is 1.31 bits per heavy atom. The first-order valence-electron chi connectivity index (χ1n) is 3.84. The maximum atomic E-state index is 5.93. The smallest absolute Gasteiger partial charge is 0.137 e. The molecule has 72 valence electrons. The van der Waals surface area contributed by atoms with Crippen molar-refractivity contribution in [3.63, 3.8) is 0 Å². The summed E-state index contributed by atoms with van der Waals surface area (Å²) in [6.07, 6.45) is 0. The van der Waals surface area contributed by atoms with E-state index in [9.17, 15) is 0 Å². The lowest BCUT2D eigenvalue weighted by atomic mass is 10.1. The van der Waals surface area contributed by atoms with Crippen LogP contribution in [-0.4, -0.2) is 7.11 Å². The van der Waals surface area contributed by atoms with Crippen LogP contribution in [0.3, 0.4) is 0 Å². The van der Waals surface area contributed by atoms with Gasteiger partial charge in [0.15, 0.2) is 0 Å². The first-order valence-corrected chi connectivity index (χ1v) is 4.60. The van der Waals surface area contributed by atoms with Crippen LogP contribution in [0, 0.1) is 0 Å². The number of rotatable bonds is 2. The van der Waals surface area contributed by atoms with Gasteiger partial charge in [-0.3, -0.25) is 0 Å². The minimum atomic E-state index is -0.126. The van der Waals surface area contributed by atoms with Crippen LogP contribution in [-0.2, 0) is 0 Å². The molecular formula is C9H11Cl2NO. The van der Waals surface area contributed by atoms with Crippen molar-refractivity contribution in [3.05, 3.63) is 27.7 Å². The van der Waals surface area contributed by atoms with Crippen LogP contribution in [0.5, 0.6) is 5.75 Å². The second kappa shape index (κ2) is 4.18. The fourth-order valence-corrected chi connectivity index (χ4v) is 1.68. The Bertz CT molecular complexity index is 313. The van der Waals surface area contributed by atoms with Gasteiger partial charge < -0.3 is 10.5 Å². The number of ether oxygens (including phenoxy) is 1. The Labute approximate surface area is 87.6 Å². The summed E-state index contributed by atoms with van der Waals surface area (Å²) in [6.45, 7) is 1.86. The van der Waals surface area contributed by atoms with Crippen LogP contribution < -0.4 is 10.5 Å². The van der Waals surface area contributed by atoms with Gasteiger partial charge in [0.2, 0.25) is 0 Å². The molecular weight excluding hydrogens is 209 g/mol. The van der Waals surface area contributed by atoms with E-state index >= 15 is 0 Å². The van der Waals surface area contributed by atoms with E-state index in [1.807, 2.05) is 6.92 Å². The molecule has 1 aromatic rings. The van der Waals surface area contributed by atoms with E-state index in [-0.39, 0.29) is 6.04 Å². The quantitative estimate of drug-likeness (QED) is 0.831. The zero-order chi connectivity index (χ0) is 10.0. The lowest BCUT2D eigenvalue weighted by Gasteiger charge is -2.11. The van der Waals surface area contributed by atoms with Gasteiger partial charge in [0.05, 0.1) is 12.1 Å². The van der Waals surface area contributed by atoms with Crippen molar-refractivity contribution in [1.82, 2.24) is 0 Å². The highest BCUT2D eigenvalue weighted by Gasteiger charge is 2.10. The monoisotopic (exact) mass is 219 g/mol. The van der Waals surface area contributed by atoms with E-state index in [4.69, 9.17) is 33.7 Å². The highest BCUT2D eigenvalue weighted by Crippen LogP contribution is 2.32. The average Bonchev–Trinajstić information content (AvgIpc) is 2.03. The zero-order valence-corrected chi connectivity index (χ0v) is 8.99. The molecule has 0 saturated heterocycles. The van der Waals surface area contributed by atoms with Crippen LogP contribution in [0.1, 0.15) is 18.5 Å². The van der Waals surface area contributed by atoms with Crippen molar-refractivity contribution in [2.24, 2.45) is 5.73 Å². The molecule has 1 atom stereocenters. The predicted octanol–water partition coefficient (Wildman–Crippen LogP) is 3.02. The molecule has 0 aliphatic rings. The Balaban J connectivity index is 3.22. The Morgan fingerprint density at radius 2 is 1.92 bits per heavy atom. The van der Waals surface area contributed by atoms with Crippen molar-refractivity contribution in [3.8, 4) is 5.75 Å². The summed E-state index contributed by atoms with van der Waals surface area (Å²) >= 11 is 11.8. The molecule has 0 aromatic heterocycles. The molecule has 0 saturated carbocycles. The lowest BCUT2D eigenvalue weighted by molar-refractivity contribution is 0.414. The molecule has 0 radical (unpaired) electrons. The van der Waals surface area contributed by atoms with E-state index in [1.54, 1.807) is 19.2 Å². The molecule has 1 aromatic carbocycles. The van der Waals surface area contributed by atoms with Crippen LogP contribution >= 0.6 is 23.2 Å². The molecule has 1 rings (SSSR count). The second-order valence-corrected chi connectivity index (χ2v) is 3.61. The number of hydrogen-bond acceptors (Lipinski definition) is 2. The maximum absolute atomic E-state index is 5.93. The van der Waals surface area contributed by atoms with E-state index in [2.05, 4.69) is 0 Å². The molecule has 0 aliphatic carbocycles. The van der Waals surface area contributed by atoms with E-state index in [0.29, 0.717) is 15.8 Å². The molecule has 2 nitrogen and oxygen atoms in total. The molecule has 0 fully saturated rings. The normalized spacial score (nSPS) is 12.7. The highest BCUT2D eigenvalue weighted by atomic mass is 35.5. The first kappa shape index (κ1) is 10.6. The summed E-state index contributed by atoms with van der Waals surface area (Å²) in [5, 5.41) is 1.07. The molecule has 0 amide bonds. The lowest BCUT2D eigenvalue weighted by Crippen LogP contribution is -2.06. The van der Waals surface area contributed by atoms with Gasteiger partial charge >= 0.3 is 0 Å². The van der Waals surface area contributed by atoms with Crippen molar-refractivity contribution in [2.75, 3.05) is 7.11 Å². The van der Waals surface area contributed by atoms with E-state index in [0.717, 1.165) is 5.56 Å². The zero-order valence-electron chi connectivity index (χ0n) is 7.47. The summed E-state index contributed by atoms with van der Waals surface area (Å²) in [5.74, 6) is 0.596. The summed E-state index contributed by atoms with van der Waals surface area (Å²) in [5.41, 5.74) is 6.54. The molecule has 4 heteroatoms. The summed E-state index contributed by atoms with van der Waals surface area (Å²) in [4.78, 5) is 0. The fraction of sp³-hybridized carbons (Fsp3) is 0.333. The SMILES string of the molecule is COc1cc(C(C)N)c(Cl)cc1Cl. The third kappa shape index (κ3) is 2.27. The minimum Gasteiger partial charge on any atom is -0.495 e. The molecule has 0 bridgehead atoms. The molecule has 2 N–H and O–H groups in total. The fourth-order valence-electron chi connectivity index (χ4n) is 1.05. The topological polar surface area (TPSA) is 35.2 Å². The van der Waals surface area contributed by atoms with E-state index in [1.165, 1.54) is 0 Å². The Morgan fingerprint density at radius 3 is 2.38 bits per heavy atom. The summed E-state index contributed by atoms with van der Waals surface area (Å²) in [7, 11) is 1.56. The van der Waals surface area contributed by atoms with Crippen LogP contribution in [0.2, 0.25) is 10.0 Å². The van der Waals surface area contributed by atoms with Gasteiger partial charge in [-0.1, -0.05) is 23.2 Å². The van der Waals surface area contributed by atoms with Crippen molar-refractivity contribution < 1.29 is 4.74 Å². The number of nitrogens with two attached hydrogens (primary N) is 1. The van der Waals surface area contributed by atoms with Gasteiger partial charge in [0.25, 0.3) is 0 Å². The summed E-state index contributed by atoms with van der Waals surface area (Å²) in [6, 6.07) is 3.27. The van der Waals surface area contributed by atoms with Gasteiger partial charge in [0.1, 0.15) is 5.75 Å². The molecule has 1 unspecified atom stereocenters. The van der Waals surface area contributed by atoms with Gasteiger partial charge in [-0.05, 0) is 24.6 Å². The number of benzene rings is 1. The molecule has 0 heterocycles. The molecule has 0 spiro atoms. The molecule has 13 heavy (non-hydrogen) atoms. The van der Waals surface area contributed by atoms with Gasteiger partial charge in [-0.25, -0.2) is 0 Å². The minimum absolute atomic E-state index is 0.126. The largest absolute Gasteiger partial charge is 0.495 e. The van der Waals surface area contributed by atoms with Crippen molar-refractivity contribution in [1.29, 1.82) is 0 Å². The van der Waals surface area contributed by atoms with Gasteiger partial charge in [-0.15, -0.1) is 0 Å². The third-order valence-corrected chi connectivity index (χ3v) is 2.38. The highest BCUT2D eigenvalue weighted by molar-refractivity contribution is 6.36. The van der Waals surface area contributed by atoms with Crippen molar-refractivity contribution in [2.45, 2.75) is 13.0 Å². The Kier molecular flexibility index (Phi) is 3.42. The van der Waals surface area contributed by atoms with Gasteiger partial charge in [-0.2, -0.15) is 0 Å². The second-order valence-electron chi connectivity index (χ2n) is 2.80. The third-order valence-electron chi connectivity index (χ3n) is 1.76. The first-order chi connectivity index (χ1) is 6.06. The van der Waals surface area contributed by atoms with Crippen LogP contribution in [0.15, 0.2) is 12.1 Å². The number of hydrogen-bond donors (Lipinski definition) is 1. The average molecular weight is 220 g/mol. The van der Waals surface area contributed by atoms with Crippen LogP contribution in [0.25, 0.3) is 0 Å². The maximum Gasteiger partial charge on any atom is 0.137 e. The van der Waals surface area contributed by atoms with Crippen molar-refractivity contribution >= 4 is 23.2 Å². The predicted molar refractivity (Wildman–Crippen MR) is 55.6 cm³/mol. The number of halogens is 2. The standard InChI is InChI=1S/C9H11Cl2NO/c1-5(12)6-3-9(13-2)8(11)4-7(6)10/h3-5H,12H2,1-2H3. The Hall–Kier alpha value is -0.440. The van der Waals surface area contributed by atoms with Crippen LogP contribution in [0.4, 0.5) is 0 Å². The summed E-state index contributed by atoms with van der Waals surface area (Å²) < 4.78 is 5.04. The molecule has 0 aliphatic heterocycles. The van der Waals surface area contributed by atoms with E-state index < -0.39 is 0 Å². The number of methoxy groups -OCH3 is 1.